The molecule has 0 atom stereocenters. The number of benzene rings is 1. The molecule has 104 valence electrons. The van der Waals surface area contributed by atoms with Gasteiger partial charge < -0.3 is 4.57 Å². The van der Waals surface area contributed by atoms with Gasteiger partial charge >= 0.3 is 6.18 Å². The molecule has 3 nitrogen and oxygen atoms in total. The highest BCUT2D eigenvalue weighted by molar-refractivity contribution is 8.03. The Kier molecular flexibility index (Phi) is 4.04. The molecule has 0 spiro atoms. The number of aromatic nitrogens is 2. The molecule has 0 N–H and O–H groups in total. The second-order valence-corrected chi connectivity index (χ2v) is 5.04. The Morgan fingerprint density at radius 3 is 2.70 bits per heavy atom. The van der Waals surface area contributed by atoms with Crippen LogP contribution in [-0.2, 0) is 19.6 Å². The van der Waals surface area contributed by atoms with Gasteiger partial charge in [0.05, 0.1) is 11.9 Å². The molecule has 0 saturated carbocycles. The monoisotopic (exact) mass is 297 g/mol. The third-order valence-corrected chi connectivity index (χ3v) is 3.42. The predicted molar refractivity (Wildman–Crippen MR) is 68.9 cm³/mol. The van der Waals surface area contributed by atoms with Gasteiger partial charge in [-0.15, -0.1) is 0 Å². The molecule has 0 saturated heterocycles. The molecule has 0 radical (unpaired) electrons. The Morgan fingerprint density at radius 2 is 2.15 bits per heavy atom. The highest BCUT2D eigenvalue weighted by atomic mass is 32.2. The SMILES string of the molecule is Cn1cncc1Cc1ccc(SC#N)cc1C(F)(F)F. The third kappa shape index (κ3) is 3.14. The van der Waals surface area contributed by atoms with Gasteiger partial charge in [0.15, 0.2) is 0 Å². The second kappa shape index (κ2) is 5.59. The maximum absolute atomic E-state index is 13.1. The van der Waals surface area contributed by atoms with E-state index in [0.29, 0.717) is 17.5 Å². The first-order valence-electron chi connectivity index (χ1n) is 5.63. The first-order chi connectivity index (χ1) is 9.41. The van der Waals surface area contributed by atoms with Crippen molar-refractivity contribution < 1.29 is 13.2 Å². The quantitative estimate of drug-likeness (QED) is 0.642. The minimum absolute atomic E-state index is 0.142. The molecule has 0 aliphatic carbocycles. The molecule has 0 fully saturated rings. The molecule has 2 aromatic rings. The summed E-state index contributed by atoms with van der Waals surface area (Å²) in [6, 6.07) is 3.95. The number of imidazole rings is 1. The number of rotatable bonds is 3. The van der Waals surface area contributed by atoms with Gasteiger partial charge in [0, 0.05) is 30.3 Å². The highest BCUT2D eigenvalue weighted by Gasteiger charge is 2.33. The Hall–Kier alpha value is -1.94. The number of halogens is 3. The lowest BCUT2D eigenvalue weighted by Crippen LogP contribution is -2.10. The summed E-state index contributed by atoms with van der Waals surface area (Å²) in [5, 5.41) is 10.3. The molecule has 0 bridgehead atoms. The van der Waals surface area contributed by atoms with E-state index in [9.17, 15) is 13.2 Å². The summed E-state index contributed by atoms with van der Waals surface area (Å²) in [6.45, 7) is 0. The number of hydrogen-bond donors (Lipinski definition) is 0. The van der Waals surface area contributed by atoms with E-state index < -0.39 is 11.7 Å². The van der Waals surface area contributed by atoms with Gasteiger partial charge in [0.25, 0.3) is 0 Å². The van der Waals surface area contributed by atoms with Crippen molar-refractivity contribution in [1.29, 1.82) is 5.26 Å². The highest BCUT2D eigenvalue weighted by Crippen LogP contribution is 2.35. The van der Waals surface area contributed by atoms with Crippen molar-refractivity contribution in [1.82, 2.24) is 9.55 Å². The predicted octanol–water partition coefficient (Wildman–Crippen LogP) is 3.60. The molecule has 1 aromatic carbocycles. The number of nitriles is 1. The van der Waals surface area contributed by atoms with E-state index in [1.54, 1.807) is 23.3 Å². The minimum Gasteiger partial charge on any atom is -0.337 e. The van der Waals surface area contributed by atoms with Crippen molar-refractivity contribution >= 4 is 11.8 Å². The number of thiocyanates is 1. The Morgan fingerprint density at radius 1 is 1.40 bits per heavy atom. The summed E-state index contributed by atoms with van der Waals surface area (Å²) in [4.78, 5) is 4.18. The maximum Gasteiger partial charge on any atom is 0.416 e. The van der Waals surface area contributed by atoms with Gasteiger partial charge in [-0.05, 0) is 29.5 Å². The summed E-state index contributed by atoms with van der Waals surface area (Å²) in [5.74, 6) is 0. The summed E-state index contributed by atoms with van der Waals surface area (Å²) in [7, 11) is 1.73. The lowest BCUT2D eigenvalue weighted by molar-refractivity contribution is -0.138. The van der Waals surface area contributed by atoms with E-state index in [1.807, 2.05) is 0 Å². The molecule has 0 amide bonds. The van der Waals surface area contributed by atoms with Crippen LogP contribution in [-0.4, -0.2) is 9.55 Å². The minimum atomic E-state index is -4.44. The fourth-order valence-electron chi connectivity index (χ4n) is 1.84. The van der Waals surface area contributed by atoms with Crippen molar-refractivity contribution in [3.8, 4) is 5.40 Å². The zero-order chi connectivity index (χ0) is 14.8. The molecule has 1 heterocycles. The van der Waals surface area contributed by atoms with E-state index in [0.717, 1.165) is 6.07 Å². The largest absolute Gasteiger partial charge is 0.416 e. The number of thioether (sulfide) groups is 1. The second-order valence-electron chi connectivity index (χ2n) is 4.18. The molecule has 0 unspecified atom stereocenters. The smallest absolute Gasteiger partial charge is 0.337 e. The van der Waals surface area contributed by atoms with E-state index in [4.69, 9.17) is 5.26 Å². The van der Waals surface area contributed by atoms with Gasteiger partial charge in [0.2, 0.25) is 0 Å². The van der Waals surface area contributed by atoms with Crippen LogP contribution in [0.15, 0.2) is 35.6 Å². The normalized spacial score (nSPS) is 11.3. The Balaban J connectivity index is 2.42. The fourth-order valence-corrected chi connectivity index (χ4v) is 2.26. The molecular weight excluding hydrogens is 287 g/mol. The Labute approximate surface area is 118 Å². The number of hydrogen-bond acceptors (Lipinski definition) is 3. The van der Waals surface area contributed by atoms with Gasteiger partial charge in [-0.1, -0.05) is 6.07 Å². The van der Waals surface area contributed by atoms with Crippen molar-refractivity contribution in [3.63, 3.8) is 0 Å². The average Bonchev–Trinajstić information content (AvgIpc) is 2.76. The van der Waals surface area contributed by atoms with Crippen molar-refractivity contribution in [3.05, 3.63) is 47.5 Å². The van der Waals surface area contributed by atoms with Gasteiger partial charge in [-0.3, -0.25) is 0 Å². The zero-order valence-corrected chi connectivity index (χ0v) is 11.3. The zero-order valence-electron chi connectivity index (χ0n) is 10.5. The average molecular weight is 297 g/mol. The first kappa shape index (κ1) is 14.5. The van der Waals surface area contributed by atoms with E-state index in [1.165, 1.54) is 18.3 Å². The van der Waals surface area contributed by atoms with Crippen molar-refractivity contribution in [2.75, 3.05) is 0 Å². The van der Waals surface area contributed by atoms with E-state index in [-0.39, 0.29) is 16.9 Å². The molecule has 1 aromatic heterocycles. The van der Waals surface area contributed by atoms with E-state index in [2.05, 4.69) is 4.98 Å². The van der Waals surface area contributed by atoms with Crippen LogP contribution in [0, 0.1) is 10.7 Å². The first-order valence-corrected chi connectivity index (χ1v) is 6.44. The fraction of sp³-hybridized carbons (Fsp3) is 0.231. The number of alkyl halides is 3. The molecule has 20 heavy (non-hydrogen) atoms. The van der Waals surface area contributed by atoms with E-state index >= 15 is 0 Å². The number of aryl methyl sites for hydroxylation is 1. The number of nitrogens with zero attached hydrogens (tertiary/aromatic N) is 3. The third-order valence-electron chi connectivity index (χ3n) is 2.84. The van der Waals surface area contributed by atoms with Crippen LogP contribution >= 0.6 is 11.8 Å². The standard InChI is InChI=1S/C13H10F3N3S/c1-19-8-18-6-10(19)4-9-2-3-11(20-7-17)5-12(9)13(14,15)16/h2-3,5-6,8H,4H2,1H3. The van der Waals surface area contributed by atoms with Crippen LogP contribution < -0.4 is 0 Å². The lowest BCUT2D eigenvalue weighted by atomic mass is 10.0. The molecule has 2 rings (SSSR count). The van der Waals surface area contributed by atoms with Crippen molar-refractivity contribution in [2.45, 2.75) is 17.5 Å². The van der Waals surface area contributed by atoms with Gasteiger partial charge in [-0.2, -0.15) is 18.4 Å². The summed E-state index contributed by atoms with van der Waals surface area (Å²) in [5.41, 5.74) is 0.151. The van der Waals surface area contributed by atoms with Crippen LogP contribution in [0.1, 0.15) is 16.8 Å². The van der Waals surface area contributed by atoms with Gasteiger partial charge in [0.1, 0.15) is 5.40 Å². The maximum atomic E-state index is 13.1. The van der Waals surface area contributed by atoms with Gasteiger partial charge in [-0.25, -0.2) is 4.98 Å². The molecule has 0 aliphatic heterocycles. The van der Waals surface area contributed by atoms with Crippen LogP contribution in [0.25, 0.3) is 0 Å². The molecule has 7 heteroatoms. The van der Waals surface area contributed by atoms with Crippen LogP contribution in [0.3, 0.4) is 0 Å². The van der Waals surface area contributed by atoms with Crippen LogP contribution in [0.5, 0.6) is 0 Å². The topological polar surface area (TPSA) is 41.6 Å². The Bertz CT molecular complexity index is 656. The summed E-state index contributed by atoms with van der Waals surface area (Å²) < 4.78 is 40.9. The summed E-state index contributed by atoms with van der Waals surface area (Å²) in [6.07, 6.45) is -1.22. The van der Waals surface area contributed by atoms with Crippen LogP contribution in [0.4, 0.5) is 13.2 Å². The lowest BCUT2D eigenvalue weighted by Gasteiger charge is -2.14. The van der Waals surface area contributed by atoms with Crippen molar-refractivity contribution in [2.24, 2.45) is 7.05 Å². The van der Waals surface area contributed by atoms with Crippen LogP contribution in [0.2, 0.25) is 0 Å². The molecule has 0 aliphatic rings. The summed E-state index contributed by atoms with van der Waals surface area (Å²) >= 11 is 0.713. The molecular formula is C13H10F3N3S.